The largest absolute Gasteiger partial charge is 0.336 e. The van der Waals surface area contributed by atoms with Crippen LogP contribution in [0.15, 0.2) is 60.0 Å². The number of thioether (sulfide) groups is 1. The summed E-state index contributed by atoms with van der Waals surface area (Å²) in [6.07, 6.45) is 3.66. The van der Waals surface area contributed by atoms with Crippen LogP contribution in [0.2, 0.25) is 5.02 Å². The van der Waals surface area contributed by atoms with Crippen molar-refractivity contribution in [1.82, 2.24) is 14.3 Å². The Kier molecular flexibility index (Phi) is 5.80. The first-order valence-electron chi connectivity index (χ1n) is 7.88. The summed E-state index contributed by atoms with van der Waals surface area (Å²) in [5.41, 5.74) is 1.49. The van der Waals surface area contributed by atoms with Crippen molar-refractivity contribution < 1.29 is 9.59 Å². The molecule has 0 aliphatic heterocycles. The predicted molar refractivity (Wildman–Crippen MR) is 104 cm³/mol. The van der Waals surface area contributed by atoms with Crippen molar-refractivity contribution in [1.29, 1.82) is 0 Å². The van der Waals surface area contributed by atoms with Crippen molar-refractivity contribution in [2.45, 2.75) is 5.16 Å². The van der Waals surface area contributed by atoms with E-state index >= 15 is 0 Å². The molecular formula is C18H17ClN4O2S. The minimum atomic E-state index is -0.301. The van der Waals surface area contributed by atoms with E-state index in [0.29, 0.717) is 10.7 Å². The molecule has 0 saturated heterocycles. The molecule has 0 bridgehead atoms. The molecule has 0 aliphatic rings. The summed E-state index contributed by atoms with van der Waals surface area (Å²) in [6.45, 7) is -0.0487. The van der Waals surface area contributed by atoms with Gasteiger partial charge in [0.2, 0.25) is 11.8 Å². The molecule has 2 amide bonds. The van der Waals surface area contributed by atoms with Gasteiger partial charge < -0.3 is 10.2 Å². The Morgan fingerprint density at radius 1 is 1.23 bits per heavy atom. The van der Waals surface area contributed by atoms with Crippen LogP contribution in [0.3, 0.4) is 0 Å². The summed E-state index contributed by atoms with van der Waals surface area (Å²) in [7, 11) is 1.60. The van der Waals surface area contributed by atoms with Gasteiger partial charge >= 0.3 is 0 Å². The fraction of sp³-hybridized carbons (Fsp3) is 0.167. The first kappa shape index (κ1) is 18.3. The number of hydrogen-bond acceptors (Lipinski definition) is 4. The maximum atomic E-state index is 12.3. The Morgan fingerprint density at radius 3 is 2.81 bits per heavy atom. The Labute approximate surface area is 160 Å². The number of carbonyl (C=O) groups excluding carboxylic acids is 2. The molecule has 0 radical (unpaired) electrons. The van der Waals surface area contributed by atoms with E-state index in [1.807, 2.05) is 28.8 Å². The Bertz CT molecular complexity index is 944. The lowest BCUT2D eigenvalue weighted by Crippen LogP contribution is -2.36. The minimum absolute atomic E-state index is 0.0487. The van der Waals surface area contributed by atoms with Gasteiger partial charge in [0, 0.05) is 13.2 Å². The zero-order chi connectivity index (χ0) is 18.5. The highest BCUT2D eigenvalue weighted by Gasteiger charge is 2.15. The first-order valence-corrected chi connectivity index (χ1v) is 9.24. The van der Waals surface area contributed by atoms with Gasteiger partial charge in [-0.05, 0) is 24.3 Å². The van der Waals surface area contributed by atoms with E-state index < -0.39 is 0 Å². The molecule has 8 heteroatoms. The van der Waals surface area contributed by atoms with Crippen LogP contribution in [-0.4, -0.2) is 45.4 Å². The molecule has 0 spiro atoms. The number of imidazole rings is 1. The number of rotatable bonds is 6. The lowest BCUT2D eigenvalue weighted by Gasteiger charge is -2.16. The summed E-state index contributed by atoms with van der Waals surface area (Å²) >= 11 is 7.35. The second-order valence-electron chi connectivity index (χ2n) is 5.60. The van der Waals surface area contributed by atoms with Gasteiger partial charge in [0.25, 0.3) is 0 Å². The topological polar surface area (TPSA) is 66.7 Å². The smallest absolute Gasteiger partial charge is 0.244 e. The molecule has 0 unspecified atom stereocenters. The van der Waals surface area contributed by atoms with Gasteiger partial charge in [-0.1, -0.05) is 41.6 Å². The summed E-state index contributed by atoms with van der Waals surface area (Å²) < 4.78 is 1.92. The van der Waals surface area contributed by atoms with Gasteiger partial charge in [-0.2, -0.15) is 0 Å². The minimum Gasteiger partial charge on any atom is -0.336 e. The van der Waals surface area contributed by atoms with Gasteiger partial charge in [-0.15, -0.1) is 0 Å². The number of halogens is 1. The van der Waals surface area contributed by atoms with Gasteiger partial charge in [0.05, 0.1) is 34.7 Å². The second-order valence-corrected chi connectivity index (χ2v) is 6.95. The molecule has 6 nitrogen and oxygen atoms in total. The number of benzene rings is 1. The Hall–Kier alpha value is -2.51. The highest BCUT2D eigenvalue weighted by Crippen LogP contribution is 2.21. The molecule has 0 atom stereocenters. The maximum Gasteiger partial charge on any atom is 0.244 e. The third-order valence-electron chi connectivity index (χ3n) is 3.68. The molecule has 3 rings (SSSR count). The van der Waals surface area contributed by atoms with Gasteiger partial charge in [-0.25, -0.2) is 4.98 Å². The number of pyridine rings is 1. The number of para-hydroxylation sites is 1. The monoisotopic (exact) mass is 388 g/mol. The van der Waals surface area contributed by atoms with Crippen molar-refractivity contribution >= 4 is 46.4 Å². The number of hydrogen-bond donors (Lipinski definition) is 1. The van der Waals surface area contributed by atoms with Crippen LogP contribution in [0, 0.1) is 0 Å². The highest BCUT2D eigenvalue weighted by molar-refractivity contribution is 7.99. The summed E-state index contributed by atoms with van der Waals surface area (Å²) in [6, 6.07) is 12.8. The summed E-state index contributed by atoms with van der Waals surface area (Å²) in [5.74, 6) is -0.258. The Balaban J connectivity index is 1.53. The van der Waals surface area contributed by atoms with Crippen LogP contribution < -0.4 is 5.32 Å². The molecule has 1 aromatic carbocycles. The average Bonchev–Trinajstić information content (AvgIpc) is 3.04. The number of anilines is 1. The van der Waals surface area contributed by atoms with E-state index in [1.165, 1.54) is 16.7 Å². The van der Waals surface area contributed by atoms with Crippen LogP contribution in [0.5, 0.6) is 0 Å². The Morgan fingerprint density at radius 2 is 2.00 bits per heavy atom. The second kappa shape index (κ2) is 8.25. The molecule has 2 heterocycles. The molecule has 1 N–H and O–H groups in total. The standard InChI is InChI=1S/C18H17ClN4O2S/c1-22(11-16(24)21-15-8-3-2-7-14(15)19)17(25)12-26-18-20-10-13-6-4-5-9-23(13)18/h2-10H,11-12H2,1H3,(H,21,24). The number of aromatic nitrogens is 2. The average molecular weight is 389 g/mol. The van der Waals surface area contributed by atoms with Crippen LogP contribution in [-0.2, 0) is 9.59 Å². The normalized spacial score (nSPS) is 10.7. The van der Waals surface area contributed by atoms with Crippen molar-refractivity contribution in [2.24, 2.45) is 0 Å². The molecular weight excluding hydrogens is 372 g/mol. The van der Waals surface area contributed by atoms with E-state index in [9.17, 15) is 9.59 Å². The van der Waals surface area contributed by atoms with E-state index in [2.05, 4.69) is 10.3 Å². The van der Waals surface area contributed by atoms with Gasteiger partial charge in [0.15, 0.2) is 5.16 Å². The van der Waals surface area contributed by atoms with Crippen LogP contribution in [0.4, 0.5) is 5.69 Å². The maximum absolute atomic E-state index is 12.3. The lowest BCUT2D eigenvalue weighted by molar-refractivity contribution is -0.131. The van der Waals surface area contributed by atoms with Gasteiger partial charge in [0.1, 0.15) is 0 Å². The van der Waals surface area contributed by atoms with Crippen LogP contribution in [0.1, 0.15) is 0 Å². The van der Waals surface area contributed by atoms with Crippen molar-refractivity contribution in [2.75, 3.05) is 24.7 Å². The predicted octanol–water partition coefficient (Wildman–Crippen LogP) is 3.18. The lowest BCUT2D eigenvalue weighted by atomic mass is 10.3. The number of carbonyl (C=O) groups is 2. The van der Waals surface area contributed by atoms with Crippen molar-refractivity contribution in [3.8, 4) is 0 Å². The molecule has 0 aliphatic carbocycles. The van der Waals surface area contributed by atoms with E-state index in [4.69, 9.17) is 11.6 Å². The van der Waals surface area contributed by atoms with Gasteiger partial charge in [-0.3, -0.25) is 14.0 Å². The molecule has 0 saturated carbocycles. The number of amides is 2. The molecule has 26 heavy (non-hydrogen) atoms. The fourth-order valence-corrected chi connectivity index (χ4v) is 3.41. The highest BCUT2D eigenvalue weighted by atomic mass is 35.5. The first-order chi connectivity index (χ1) is 12.5. The molecule has 0 fully saturated rings. The third kappa shape index (κ3) is 4.36. The van der Waals surface area contributed by atoms with Crippen molar-refractivity contribution in [3.63, 3.8) is 0 Å². The number of nitrogens with zero attached hydrogens (tertiary/aromatic N) is 3. The summed E-state index contributed by atoms with van der Waals surface area (Å²) in [5, 5.41) is 3.90. The van der Waals surface area contributed by atoms with E-state index in [1.54, 1.807) is 37.5 Å². The van der Waals surface area contributed by atoms with Crippen LogP contribution >= 0.6 is 23.4 Å². The fourth-order valence-electron chi connectivity index (χ4n) is 2.32. The SMILES string of the molecule is CN(CC(=O)Nc1ccccc1Cl)C(=O)CSc1ncc2ccccn12. The van der Waals surface area contributed by atoms with Crippen molar-refractivity contribution in [3.05, 3.63) is 59.9 Å². The van der Waals surface area contributed by atoms with E-state index in [0.717, 1.165) is 10.7 Å². The number of likely N-dealkylation sites (N-methyl/N-ethyl adjacent to an activating group) is 1. The molecule has 3 aromatic rings. The third-order valence-corrected chi connectivity index (χ3v) is 4.97. The summed E-state index contributed by atoms with van der Waals surface area (Å²) in [4.78, 5) is 30.1. The van der Waals surface area contributed by atoms with Crippen LogP contribution in [0.25, 0.3) is 5.52 Å². The molecule has 134 valence electrons. The zero-order valence-corrected chi connectivity index (χ0v) is 15.6. The zero-order valence-electron chi connectivity index (χ0n) is 14.1. The number of nitrogens with one attached hydrogen (secondary N) is 1. The van der Waals surface area contributed by atoms with E-state index in [-0.39, 0.29) is 24.1 Å². The molecule has 2 aromatic heterocycles. The quantitative estimate of drug-likeness (QED) is 0.658. The number of fused-ring (bicyclic) bond motifs is 1.